The van der Waals surface area contributed by atoms with Gasteiger partial charge in [-0.15, -0.1) is 0 Å². The molecule has 4 aromatic heterocycles. The minimum absolute atomic E-state index is 0.203. The molecule has 1 fully saturated rings. The van der Waals surface area contributed by atoms with Crippen LogP contribution in [0, 0.1) is 19.3 Å². The number of thiazole rings is 1. The molecule has 0 atom stereocenters. The van der Waals surface area contributed by atoms with E-state index in [-0.39, 0.29) is 10.6 Å². The number of aromatic hydroxyl groups is 1. The molecule has 6 rings (SSSR count). The third-order valence-corrected chi connectivity index (χ3v) is 8.36. The minimum atomic E-state index is 0.203. The van der Waals surface area contributed by atoms with Crippen LogP contribution in [0.15, 0.2) is 24.5 Å². The standard InChI is InChI=1S/C23H23ClN6OS/c1-13-19(24)15(3-7-25-13)20-14(2)27-21(17-4-8-26-30(17)20)29-9-5-23(6-10-29)11-16-18(12-23)32-22(31)28-16/h3-4,7-8H,5-6,9-12H2,1-2H3,(H,28,31). The molecule has 164 valence electrons. The summed E-state index contributed by atoms with van der Waals surface area (Å²) in [4.78, 5) is 17.3. The van der Waals surface area contributed by atoms with Crippen LogP contribution in [0.4, 0.5) is 5.82 Å². The summed E-state index contributed by atoms with van der Waals surface area (Å²) in [6.45, 7) is 5.82. The van der Waals surface area contributed by atoms with E-state index in [1.165, 1.54) is 16.2 Å². The maximum atomic E-state index is 9.69. The fourth-order valence-corrected chi connectivity index (χ4v) is 6.49. The lowest BCUT2D eigenvalue weighted by molar-refractivity contribution is 0.231. The maximum Gasteiger partial charge on any atom is 0.271 e. The molecule has 5 heterocycles. The number of piperidine rings is 1. The molecule has 2 aliphatic rings. The Bertz CT molecular complexity index is 1330. The molecule has 0 unspecified atom stereocenters. The van der Waals surface area contributed by atoms with Crippen LogP contribution < -0.4 is 4.90 Å². The molecule has 9 heteroatoms. The molecule has 7 nitrogen and oxygen atoms in total. The van der Waals surface area contributed by atoms with E-state index in [0.29, 0.717) is 5.02 Å². The molecule has 0 radical (unpaired) electrons. The number of hydrogen-bond acceptors (Lipinski definition) is 7. The van der Waals surface area contributed by atoms with Crippen molar-refractivity contribution in [1.82, 2.24) is 24.6 Å². The van der Waals surface area contributed by atoms with E-state index in [0.717, 1.165) is 78.4 Å². The Morgan fingerprint density at radius 2 is 1.88 bits per heavy atom. The van der Waals surface area contributed by atoms with Gasteiger partial charge >= 0.3 is 0 Å². The van der Waals surface area contributed by atoms with Crippen molar-refractivity contribution in [3.05, 3.63) is 51.5 Å². The first-order valence-electron chi connectivity index (χ1n) is 10.8. The Morgan fingerprint density at radius 1 is 1.06 bits per heavy atom. The second kappa shape index (κ2) is 7.15. The van der Waals surface area contributed by atoms with E-state index < -0.39 is 0 Å². The zero-order chi connectivity index (χ0) is 22.0. The van der Waals surface area contributed by atoms with E-state index >= 15 is 0 Å². The largest absolute Gasteiger partial charge is 0.486 e. The van der Waals surface area contributed by atoms with Crippen molar-refractivity contribution in [2.75, 3.05) is 18.0 Å². The van der Waals surface area contributed by atoms with Gasteiger partial charge in [0, 0.05) is 29.7 Å². The van der Waals surface area contributed by atoms with Crippen LogP contribution in [-0.4, -0.2) is 42.8 Å². The summed E-state index contributed by atoms with van der Waals surface area (Å²) in [6, 6.07) is 3.95. The Morgan fingerprint density at radius 3 is 2.66 bits per heavy atom. The number of hydrogen-bond donors (Lipinski definition) is 1. The number of fused-ring (bicyclic) bond motifs is 2. The molecule has 4 aromatic rings. The number of halogens is 1. The van der Waals surface area contributed by atoms with Gasteiger partial charge in [-0.05, 0) is 57.1 Å². The fraction of sp³-hybridized carbons (Fsp3) is 0.391. The third kappa shape index (κ3) is 3.00. The third-order valence-electron chi connectivity index (χ3n) is 6.99. The SMILES string of the molecule is Cc1nccc(-c2c(C)nc(N3CCC4(CC3)Cc3nc(O)sc3C4)c3ccnn23)c1Cl. The number of rotatable bonds is 2. The van der Waals surface area contributed by atoms with Gasteiger partial charge in [0.25, 0.3) is 5.19 Å². The van der Waals surface area contributed by atoms with Crippen molar-refractivity contribution in [3.63, 3.8) is 0 Å². The topological polar surface area (TPSA) is 79.4 Å². The van der Waals surface area contributed by atoms with Gasteiger partial charge in [0.1, 0.15) is 5.52 Å². The average Bonchev–Trinajstić information content (AvgIpc) is 3.44. The van der Waals surface area contributed by atoms with E-state index in [4.69, 9.17) is 16.6 Å². The van der Waals surface area contributed by atoms with Gasteiger partial charge in [-0.1, -0.05) is 22.9 Å². The lowest BCUT2D eigenvalue weighted by atomic mass is 9.76. The summed E-state index contributed by atoms with van der Waals surface area (Å²) in [5, 5.41) is 15.2. The van der Waals surface area contributed by atoms with Gasteiger partial charge < -0.3 is 10.0 Å². The van der Waals surface area contributed by atoms with Crippen LogP contribution in [0.1, 0.15) is 34.8 Å². The van der Waals surface area contributed by atoms with E-state index in [1.54, 1.807) is 6.20 Å². The molecule has 1 aliphatic carbocycles. The van der Waals surface area contributed by atoms with E-state index in [1.807, 2.05) is 36.7 Å². The second-order valence-electron chi connectivity index (χ2n) is 8.96. The highest BCUT2D eigenvalue weighted by Gasteiger charge is 2.42. The number of aromatic nitrogens is 5. The fourth-order valence-electron chi connectivity index (χ4n) is 5.30. The van der Waals surface area contributed by atoms with Gasteiger partial charge in [-0.25, -0.2) is 14.5 Å². The van der Waals surface area contributed by atoms with Gasteiger partial charge in [-0.2, -0.15) is 5.10 Å². The molecule has 1 aliphatic heterocycles. The molecular formula is C23H23ClN6OS. The normalized spacial score (nSPS) is 17.4. The summed E-state index contributed by atoms with van der Waals surface area (Å²) < 4.78 is 1.96. The van der Waals surface area contributed by atoms with Crippen molar-refractivity contribution in [2.24, 2.45) is 5.41 Å². The van der Waals surface area contributed by atoms with Crippen molar-refractivity contribution in [1.29, 1.82) is 0 Å². The van der Waals surface area contributed by atoms with Crippen molar-refractivity contribution < 1.29 is 5.11 Å². The molecule has 1 spiro atoms. The van der Waals surface area contributed by atoms with Crippen LogP contribution in [0.2, 0.25) is 5.02 Å². The highest BCUT2D eigenvalue weighted by atomic mass is 35.5. The summed E-state index contributed by atoms with van der Waals surface area (Å²) in [6.07, 6.45) is 7.79. The Labute approximate surface area is 194 Å². The van der Waals surface area contributed by atoms with Crippen molar-refractivity contribution in [3.8, 4) is 16.5 Å². The van der Waals surface area contributed by atoms with Gasteiger partial charge in [0.05, 0.1) is 34.0 Å². The first-order valence-corrected chi connectivity index (χ1v) is 12.0. The maximum absolute atomic E-state index is 9.69. The molecule has 0 amide bonds. The number of aryl methyl sites for hydroxylation is 2. The molecule has 1 N–H and O–H groups in total. The van der Waals surface area contributed by atoms with Gasteiger partial charge in [0.15, 0.2) is 5.82 Å². The highest BCUT2D eigenvalue weighted by molar-refractivity contribution is 7.13. The van der Waals surface area contributed by atoms with Gasteiger partial charge in [0.2, 0.25) is 0 Å². The zero-order valence-electron chi connectivity index (χ0n) is 18.0. The monoisotopic (exact) mass is 466 g/mol. The van der Waals surface area contributed by atoms with Crippen LogP contribution in [0.3, 0.4) is 0 Å². The second-order valence-corrected chi connectivity index (χ2v) is 10.4. The van der Waals surface area contributed by atoms with Gasteiger partial charge in [-0.3, -0.25) is 4.98 Å². The molecule has 0 aromatic carbocycles. The van der Waals surface area contributed by atoms with E-state index in [9.17, 15) is 5.11 Å². The van der Waals surface area contributed by atoms with Crippen LogP contribution in [0.5, 0.6) is 5.19 Å². The van der Waals surface area contributed by atoms with Crippen molar-refractivity contribution in [2.45, 2.75) is 39.5 Å². The molecule has 0 saturated carbocycles. The zero-order valence-corrected chi connectivity index (χ0v) is 19.5. The Balaban J connectivity index is 1.33. The predicted octanol–water partition coefficient (Wildman–Crippen LogP) is 4.61. The first-order chi connectivity index (χ1) is 15.4. The quantitative estimate of drug-likeness (QED) is 0.464. The molecular weight excluding hydrogens is 444 g/mol. The average molecular weight is 467 g/mol. The van der Waals surface area contributed by atoms with Crippen molar-refractivity contribution >= 4 is 34.3 Å². The molecule has 0 bridgehead atoms. The summed E-state index contributed by atoms with van der Waals surface area (Å²) in [7, 11) is 0. The number of nitrogens with zero attached hydrogens (tertiary/aromatic N) is 6. The Hall–Kier alpha value is -2.71. The first kappa shape index (κ1) is 19.9. The summed E-state index contributed by atoms with van der Waals surface area (Å²) >= 11 is 8.04. The lowest BCUT2D eigenvalue weighted by Crippen LogP contribution is -2.41. The lowest BCUT2D eigenvalue weighted by Gasteiger charge is -2.40. The number of pyridine rings is 1. The highest BCUT2D eigenvalue weighted by Crippen LogP contribution is 2.48. The van der Waals surface area contributed by atoms with Crippen LogP contribution >= 0.6 is 22.9 Å². The summed E-state index contributed by atoms with van der Waals surface area (Å²) in [5.41, 5.74) is 5.85. The molecule has 32 heavy (non-hydrogen) atoms. The smallest absolute Gasteiger partial charge is 0.271 e. The Kier molecular flexibility index (Phi) is 4.45. The predicted molar refractivity (Wildman–Crippen MR) is 126 cm³/mol. The summed E-state index contributed by atoms with van der Waals surface area (Å²) in [5.74, 6) is 0.976. The molecule has 1 saturated heterocycles. The van der Waals surface area contributed by atoms with E-state index in [2.05, 4.69) is 20.0 Å². The van der Waals surface area contributed by atoms with Crippen LogP contribution in [-0.2, 0) is 12.8 Å². The number of anilines is 1. The van der Waals surface area contributed by atoms with Crippen LogP contribution in [0.25, 0.3) is 16.8 Å². The minimum Gasteiger partial charge on any atom is -0.486 e.